The molecule has 0 saturated heterocycles. The number of carboxylic acid groups (broad SMARTS) is 1. The first-order valence-electron chi connectivity index (χ1n) is 21.2. The van der Waals surface area contributed by atoms with E-state index in [1.54, 1.807) is 18.2 Å². The molecule has 7 unspecified atom stereocenters. The smallest absolute Gasteiger partial charge is 0.381 e. The van der Waals surface area contributed by atoms with Crippen LogP contribution in [0.4, 0.5) is 0 Å². The molecule has 320 valence electrons. The van der Waals surface area contributed by atoms with Crippen molar-refractivity contribution in [2.24, 2.45) is 0 Å². The lowest BCUT2D eigenvalue weighted by molar-refractivity contribution is -0.130. The van der Waals surface area contributed by atoms with Crippen LogP contribution in [0.1, 0.15) is 167 Å². The SMILES string of the molecule is C#CC/C=C/C(O)CCCC(O)CC#CC(O)C#CC(O)CCCC(O)/C=C/CCCCCC(=O)CCCCCCCCCCCCCC(O)C(O)C#CC(=O)O. The van der Waals surface area contributed by atoms with Gasteiger partial charge in [-0.3, -0.25) is 4.79 Å². The van der Waals surface area contributed by atoms with Crippen molar-refractivity contribution in [3.05, 3.63) is 24.3 Å². The highest BCUT2D eigenvalue weighted by Gasteiger charge is 2.13. The number of aliphatic carboxylic acids is 1. The molecular weight excluding hydrogens is 725 g/mol. The third-order valence-electron chi connectivity index (χ3n) is 9.40. The average molecular weight is 797 g/mol. The average Bonchev–Trinajstić information content (AvgIpc) is 3.17. The highest BCUT2D eigenvalue weighted by molar-refractivity contribution is 5.86. The Bertz CT molecular complexity index is 1330. The molecule has 0 rings (SSSR count). The molecule has 0 aromatic carbocycles. The minimum atomic E-state index is -1.32. The summed E-state index contributed by atoms with van der Waals surface area (Å²) in [6.07, 6.45) is 26.8. The van der Waals surface area contributed by atoms with Gasteiger partial charge in [-0.05, 0) is 70.6 Å². The number of rotatable bonds is 33. The van der Waals surface area contributed by atoms with E-state index in [1.165, 1.54) is 25.7 Å². The number of aliphatic hydroxyl groups is 7. The number of hydrogen-bond acceptors (Lipinski definition) is 9. The lowest BCUT2D eigenvalue weighted by Crippen LogP contribution is -2.24. The molecule has 0 saturated carbocycles. The van der Waals surface area contributed by atoms with Crippen molar-refractivity contribution in [3.63, 3.8) is 0 Å². The van der Waals surface area contributed by atoms with Gasteiger partial charge in [0.25, 0.3) is 0 Å². The molecule has 0 aliphatic carbocycles. The lowest BCUT2D eigenvalue weighted by atomic mass is 10.0. The van der Waals surface area contributed by atoms with Gasteiger partial charge in [-0.15, -0.1) is 12.3 Å². The van der Waals surface area contributed by atoms with Crippen molar-refractivity contribution < 1.29 is 50.4 Å². The van der Waals surface area contributed by atoms with E-state index < -0.39 is 48.7 Å². The van der Waals surface area contributed by atoms with Crippen molar-refractivity contribution in [1.82, 2.24) is 0 Å². The first-order chi connectivity index (χ1) is 27.4. The third kappa shape index (κ3) is 37.9. The second-order valence-corrected chi connectivity index (χ2v) is 14.8. The largest absolute Gasteiger partial charge is 0.472 e. The van der Waals surface area contributed by atoms with E-state index in [9.17, 15) is 45.3 Å². The topological polar surface area (TPSA) is 196 Å². The standard InChI is InChI=1S/C47H72O10/c1-2-3-16-24-40(49)28-21-30-42(51)31-23-33-44(53)36-35-43(52)32-22-29-41(50)27-19-14-11-13-18-26-39(48)25-17-12-9-7-5-4-6-8-10-15-20-34-45(54)46(55)37-38-47(56)57/h1,16,19,24,27,40-46,49-55H,3-15,17-18,20-22,25-26,28-32,34H2,(H,56,57)/b24-16+,27-19+. The van der Waals surface area contributed by atoms with Crippen LogP contribution < -0.4 is 0 Å². The van der Waals surface area contributed by atoms with Gasteiger partial charge in [-0.2, -0.15) is 0 Å². The highest BCUT2D eigenvalue weighted by Crippen LogP contribution is 2.15. The molecule has 0 spiro atoms. The molecule has 57 heavy (non-hydrogen) atoms. The minimum absolute atomic E-state index is 0.174. The third-order valence-corrected chi connectivity index (χ3v) is 9.40. The molecule has 0 bridgehead atoms. The molecule has 0 amide bonds. The molecular formula is C47H72O10. The van der Waals surface area contributed by atoms with E-state index in [-0.39, 0.29) is 6.42 Å². The zero-order valence-corrected chi connectivity index (χ0v) is 34.2. The van der Waals surface area contributed by atoms with E-state index in [4.69, 9.17) is 11.5 Å². The van der Waals surface area contributed by atoms with Gasteiger partial charge in [-0.1, -0.05) is 125 Å². The Balaban J connectivity index is 3.75. The number of carbonyl (C=O) groups is 2. The maximum Gasteiger partial charge on any atom is 0.381 e. The lowest BCUT2D eigenvalue weighted by Gasteiger charge is -2.12. The number of hydrogen-bond donors (Lipinski definition) is 8. The van der Waals surface area contributed by atoms with Crippen molar-refractivity contribution in [2.45, 2.75) is 210 Å². The molecule has 0 aromatic heterocycles. The Kier molecular flexibility index (Phi) is 35.8. The number of aliphatic hydroxyl groups excluding tert-OH is 7. The summed E-state index contributed by atoms with van der Waals surface area (Å²) >= 11 is 0. The fourth-order valence-electron chi connectivity index (χ4n) is 6.02. The zero-order valence-electron chi connectivity index (χ0n) is 34.2. The van der Waals surface area contributed by atoms with Crippen molar-refractivity contribution in [2.75, 3.05) is 0 Å². The van der Waals surface area contributed by atoms with E-state index in [1.807, 2.05) is 12.0 Å². The van der Waals surface area contributed by atoms with Crippen molar-refractivity contribution in [3.8, 4) is 47.9 Å². The number of terminal acetylenes is 1. The van der Waals surface area contributed by atoms with Gasteiger partial charge < -0.3 is 40.9 Å². The summed E-state index contributed by atoms with van der Waals surface area (Å²) in [5.41, 5.74) is 0. The second kappa shape index (κ2) is 38.1. The van der Waals surface area contributed by atoms with Gasteiger partial charge in [0.1, 0.15) is 18.0 Å². The Morgan fingerprint density at radius 2 is 1.11 bits per heavy atom. The van der Waals surface area contributed by atoms with Gasteiger partial charge in [0.15, 0.2) is 6.10 Å². The molecule has 10 heteroatoms. The quantitative estimate of drug-likeness (QED) is 0.0220. The summed E-state index contributed by atoms with van der Waals surface area (Å²) in [5.74, 6) is 15.8. The number of unbranched alkanes of at least 4 members (excludes halogenated alkanes) is 13. The Morgan fingerprint density at radius 3 is 1.70 bits per heavy atom. The van der Waals surface area contributed by atoms with Crippen molar-refractivity contribution >= 4 is 11.8 Å². The van der Waals surface area contributed by atoms with Gasteiger partial charge in [0.05, 0.1) is 24.4 Å². The Hall–Kier alpha value is -3.42. The molecule has 7 atom stereocenters. The first-order valence-corrected chi connectivity index (χ1v) is 21.2. The molecule has 0 radical (unpaired) electrons. The summed E-state index contributed by atoms with van der Waals surface area (Å²) in [4.78, 5) is 22.6. The van der Waals surface area contributed by atoms with E-state index in [0.717, 1.165) is 70.6 Å². The van der Waals surface area contributed by atoms with E-state index >= 15 is 0 Å². The van der Waals surface area contributed by atoms with Gasteiger partial charge in [-0.25, -0.2) is 4.79 Å². The maximum atomic E-state index is 12.2. The van der Waals surface area contributed by atoms with Crippen LogP contribution in [0.15, 0.2) is 24.3 Å². The fourth-order valence-corrected chi connectivity index (χ4v) is 6.02. The minimum Gasteiger partial charge on any atom is -0.472 e. The fraction of sp³-hybridized carbons (Fsp3) is 0.702. The highest BCUT2D eigenvalue weighted by atomic mass is 16.4. The molecule has 0 aliphatic heterocycles. The van der Waals surface area contributed by atoms with E-state index in [2.05, 4.69) is 35.5 Å². The normalized spacial score (nSPS) is 14.8. The summed E-state index contributed by atoms with van der Waals surface area (Å²) in [7, 11) is 0. The Morgan fingerprint density at radius 1 is 0.561 bits per heavy atom. The number of allylic oxidation sites excluding steroid dienone is 2. The predicted molar refractivity (Wildman–Crippen MR) is 225 cm³/mol. The van der Waals surface area contributed by atoms with Crippen LogP contribution in [0.25, 0.3) is 0 Å². The number of ketones is 1. The van der Waals surface area contributed by atoms with Crippen molar-refractivity contribution in [1.29, 1.82) is 0 Å². The first kappa shape index (κ1) is 53.6. The summed E-state index contributed by atoms with van der Waals surface area (Å²) < 4.78 is 0. The van der Waals surface area contributed by atoms with Gasteiger partial charge >= 0.3 is 5.97 Å². The number of carboxylic acids is 1. The van der Waals surface area contributed by atoms with Crippen LogP contribution in [-0.2, 0) is 9.59 Å². The molecule has 0 heterocycles. The van der Waals surface area contributed by atoms with Crippen LogP contribution in [-0.4, -0.2) is 95.3 Å². The maximum absolute atomic E-state index is 12.2. The van der Waals surface area contributed by atoms with Crippen LogP contribution in [0.2, 0.25) is 0 Å². The van der Waals surface area contributed by atoms with Gasteiger partial charge in [0.2, 0.25) is 0 Å². The molecule has 0 aliphatic rings. The molecule has 0 aromatic rings. The number of carbonyl (C=O) groups excluding carboxylic acids is 1. The van der Waals surface area contributed by atoms with Crippen LogP contribution >= 0.6 is 0 Å². The van der Waals surface area contributed by atoms with Crippen LogP contribution in [0.3, 0.4) is 0 Å². The van der Waals surface area contributed by atoms with Crippen LogP contribution in [0, 0.1) is 47.9 Å². The van der Waals surface area contributed by atoms with E-state index in [0.29, 0.717) is 70.0 Å². The number of Topliss-reactive ketones (excluding diaryl/α,β-unsaturated/α-hetero) is 1. The molecule has 0 fully saturated rings. The summed E-state index contributed by atoms with van der Waals surface area (Å²) in [6.45, 7) is 0. The monoisotopic (exact) mass is 797 g/mol. The summed E-state index contributed by atoms with van der Waals surface area (Å²) in [5, 5.41) is 78.0. The predicted octanol–water partition coefficient (Wildman–Crippen LogP) is 6.06. The molecule has 8 N–H and O–H groups in total. The van der Waals surface area contributed by atoms with Gasteiger partial charge in [0, 0.05) is 31.6 Å². The van der Waals surface area contributed by atoms with Crippen LogP contribution in [0.5, 0.6) is 0 Å². The summed E-state index contributed by atoms with van der Waals surface area (Å²) in [6, 6.07) is 0. The second-order valence-electron chi connectivity index (χ2n) is 14.8. The molecule has 10 nitrogen and oxygen atoms in total. The Labute approximate surface area is 343 Å². The zero-order chi connectivity index (χ0) is 42.4.